The minimum absolute atomic E-state index is 0.00508. The van der Waals surface area contributed by atoms with Crippen molar-refractivity contribution in [3.63, 3.8) is 0 Å². The number of benzene rings is 2. The fourth-order valence-electron chi connectivity index (χ4n) is 4.89. The Morgan fingerprint density at radius 1 is 1.00 bits per heavy atom. The summed E-state index contributed by atoms with van der Waals surface area (Å²) in [6.07, 6.45) is -0.0625. The maximum Gasteiger partial charge on any atom is 0.367 e. The second kappa shape index (κ2) is 15.6. The maximum atomic E-state index is 13.4. The number of carbonyl (C=O) groups excluding carboxylic acids is 2. The molecule has 1 saturated heterocycles. The van der Waals surface area contributed by atoms with Crippen molar-refractivity contribution in [1.29, 1.82) is 0 Å². The molecule has 0 amide bonds. The molecule has 0 radical (unpaired) electrons. The van der Waals surface area contributed by atoms with Crippen LogP contribution in [0.3, 0.4) is 0 Å². The van der Waals surface area contributed by atoms with E-state index in [1.54, 1.807) is 24.3 Å². The van der Waals surface area contributed by atoms with Crippen LogP contribution in [0.4, 0.5) is 0 Å². The number of carbonyl (C=O) groups is 2. The van der Waals surface area contributed by atoms with Gasteiger partial charge in [0.25, 0.3) is 5.79 Å². The lowest BCUT2D eigenvalue weighted by atomic mass is 9.76. The zero-order chi connectivity index (χ0) is 30.2. The molecule has 11 heteroatoms. The molecular formula is C30H39Cl2O8P. The minimum atomic E-state index is -2.11. The molecule has 0 N–H and O–H groups in total. The first kappa shape index (κ1) is 33.7. The van der Waals surface area contributed by atoms with Gasteiger partial charge in [-0.2, -0.15) is 0 Å². The van der Waals surface area contributed by atoms with Crippen LogP contribution in [0.5, 0.6) is 0 Å². The van der Waals surface area contributed by atoms with Gasteiger partial charge in [0.1, 0.15) is 6.10 Å². The van der Waals surface area contributed by atoms with Crippen molar-refractivity contribution in [2.75, 3.05) is 7.11 Å². The van der Waals surface area contributed by atoms with Crippen LogP contribution in [-0.4, -0.2) is 37.0 Å². The van der Waals surface area contributed by atoms with Crippen molar-refractivity contribution in [3.8, 4) is 0 Å². The molecule has 3 rings (SSSR count). The molecule has 1 fully saturated rings. The lowest BCUT2D eigenvalue weighted by Gasteiger charge is -2.48. The predicted molar refractivity (Wildman–Crippen MR) is 158 cm³/mol. The highest BCUT2D eigenvalue weighted by Gasteiger charge is 2.55. The lowest BCUT2D eigenvalue weighted by molar-refractivity contribution is -0.280. The summed E-state index contributed by atoms with van der Waals surface area (Å²) in [5.41, 5.74) is 1.69. The molecule has 0 aliphatic carbocycles. The first-order valence-corrected chi connectivity index (χ1v) is 15.5. The van der Waals surface area contributed by atoms with Crippen molar-refractivity contribution in [3.05, 3.63) is 69.7 Å². The molecular weight excluding hydrogens is 590 g/mol. The highest BCUT2D eigenvalue weighted by molar-refractivity contribution is 7.41. The summed E-state index contributed by atoms with van der Waals surface area (Å²) in [7, 11) is -0.826. The Morgan fingerprint density at radius 2 is 1.51 bits per heavy atom. The van der Waals surface area contributed by atoms with E-state index in [-0.39, 0.29) is 43.4 Å². The van der Waals surface area contributed by atoms with Crippen molar-refractivity contribution < 1.29 is 37.4 Å². The minimum Gasteiger partial charge on any atom is -0.465 e. The SMILES string of the molecule is CC[C@@H](OC(C)=O)[C@@H](C)C1O[C@](OP(OCc2ccc(Cl)cc2)OCc2ccc(Cl)cc2)(C(=O)OC)C[C@@H](C)[C@H]1C. The fourth-order valence-corrected chi connectivity index (χ4v) is 6.27. The standard InChI is InChI=1S/C30H39Cl2O8P/c1-7-27(38-22(5)33)21(4)28-20(3)19(2)16-30(39-28,29(34)35-6)40-41(36-17-23-8-12-25(31)13-9-23)37-18-24-10-14-26(32)15-11-24/h8-15,19-21,27-28H,7,16-18H2,1-6H3/t19-,20-,21-,27-,28?,30-/m1/s1. The van der Waals surface area contributed by atoms with Gasteiger partial charge >= 0.3 is 20.5 Å². The summed E-state index contributed by atoms with van der Waals surface area (Å²) in [6, 6.07) is 14.4. The fraction of sp³-hybridized carbons (Fsp3) is 0.533. The summed E-state index contributed by atoms with van der Waals surface area (Å²) in [5.74, 6) is -3.05. The summed E-state index contributed by atoms with van der Waals surface area (Å²) in [5, 5.41) is 1.21. The average Bonchev–Trinajstić information content (AvgIpc) is 2.95. The predicted octanol–water partition coefficient (Wildman–Crippen LogP) is 7.88. The van der Waals surface area contributed by atoms with E-state index in [1.165, 1.54) is 14.0 Å². The molecule has 41 heavy (non-hydrogen) atoms. The zero-order valence-electron chi connectivity index (χ0n) is 24.3. The Balaban J connectivity index is 1.89. The monoisotopic (exact) mass is 628 g/mol. The van der Waals surface area contributed by atoms with E-state index in [1.807, 2.05) is 45.0 Å². The van der Waals surface area contributed by atoms with E-state index in [0.29, 0.717) is 16.5 Å². The smallest absolute Gasteiger partial charge is 0.367 e. The first-order valence-electron chi connectivity index (χ1n) is 13.6. The first-order chi connectivity index (χ1) is 19.5. The van der Waals surface area contributed by atoms with E-state index in [0.717, 1.165) is 11.1 Å². The van der Waals surface area contributed by atoms with Gasteiger partial charge in [-0.1, -0.05) is 75.2 Å². The van der Waals surface area contributed by atoms with Gasteiger partial charge in [-0.3, -0.25) is 9.32 Å². The van der Waals surface area contributed by atoms with Crippen LogP contribution in [0.2, 0.25) is 10.0 Å². The van der Waals surface area contributed by atoms with Crippen molar-refractivity contribution >= 4 is 43.7 Å². The molecule has 2 aromatic rings. The zero-order valence-corrected chi connectivity index (χ0v) is 26.7. The summed E-state index contributed by atoms with van der Waals surface area (Å²) >= 11 is 12.1. The van der Waals surface area contributed by atoms with Gasteiger partial charge in [0.05, 0.1) is 26.4 Å². The van der Waals surface area contributed by atoms with E-state index in [2.05, 4.69) is 6.92 Å². The number of hydrogen-bond acceptors (Lipinski definition) is 8. The quantitative estimate of drug-likeness (QED) is 0.163. The number of methoxy groups -OCH3 is 1. The third-order valence-corrected chi connectivity index (χ3v) is 9.00. The highest BCUT2D eigenvalue weighted by atomic mass is 35.5. The van der Waals surface area contributed by atoms with Crippen LogP contribution in [0.1, 0.15) is 58.6 Å². The summed E-state index contributed by atoms with van der Waals surface area (Å²) < 4.78 is 35.9. The number of rotatable bonds is 13. The number of hydrogen-bond donors (Lipinski definition) is 0. The molecule has 6 atom stereocenters. The molecule has 2 aromatic carbocycles. The maximum absolute atomic E-state index is 13.4. The topological polar surface area (TPSA) is 89.5 Å². The molecule has 1 heterocycles. The Kier molecular flexibility index (Phi) is 12.9. The van der Waals surface area contributed by atoms with E-state index in [9.17, 15) is 9.59 Å². The highest BCUT2D eigenvalue weighted by Crippen LogP contribution is 2.52. The second-order valence-electron chi connectivity index (χ2n) is 10.4. The second-order valence-corrected chi connectivity index (χ2v) is 12.4. The van der Waals surface area contributed by atoms with Gasteiger partial charge in [-0.25, -0.2) is 4.79 Å². The number of halogens is 2. The molecule has 0 bridgehead atoms. The Hall–Kier alpha value is -1.77. The van der Waals surface area contributed by atoms with Crippen LogP contribution in [-0.2, 0) is 50.6 Å². The number of esters is 2. The molecule has 8 nitrogen and oxygen atoms in total. The van der Waals surface area contributed by atoms with Crippen LogP contribution in [0.15, 0.2) is 48.5 Å². The molecule has 0 saturated carbocycles. The Bertz CT molecular complexity index is 1080. The van der Waals surface area contributed by atoms with Gasteiger partial charge in [0, 0.05) is 29.3 Å². The van der Waals surface area contributed by atoms with Crippen LogP contribution < -0.4 is 0 Å². The number of ether oxygens (including phenoxy) is 3. The molecule has 1 aliphatic rings. The molecule has 1 unspecified atom stereocenters. The van der Waals surface area contributed by atoms with Gasteiger partial charge in [0.2, 0.25) is 0 Å². The van der Waals surface area contributed by atoms with Gasteiger partial charge in [-0.05, 0) is 53.6 Å². The molecule has 0 aromatic heterocycles. The Morgan fingerprint density at radius 3 is 1.95 bits per heavy atom. The van der Waals surface area contributed by atoms with E-state index >= 15 is 0 Å². The van der Waals surface area contributed by atoms with Crippen LogP contribution >= 0.6 is 31.8 Å². The lowest BCUT2D eigenvalue weighted by Crippen LogP contribution is -2.57. The Labute approximate surface area is 253 Å². The third-order valence-electron chi connectivity index (χ3n) is 7.38. The van der Waals surface area contributed by atoms with Crippen LogP contribution in [0, 0.1) is 17.8 Å². The molecule has 1 aliphatic heterocycles. The van der Waals surface area contributed by atoms with E-state index < -0.39 is 32.6 Å². The molecule has 226 valence electrons. The van der Waals surface area contributed by atoms with Crippen molar-refractivity contribution in [1.82, 2.24) is 0 Å². The van der Waals surface area contributed by atoms with Gasteiger partial charge in [0.15, 0.2) is 0 Å². The third kappa shape index (κ3) is 9.36. The molecule has 0 spiro atoms. The van der Waals surface area contributed by atoms with Gasteiger partial charge in [-0.15, -0.1) is 0 Å². The van der Waals surface area contributed by atoms with Crippen molar-refractivity contribution in [2.45, 2.75) is 78.7 Å². The summed E-state index contributed by atoms with van der Waals surface area (Å²) in [4.78, 5) is 25.2. The summed E-state index contributed by atoms with van der Waals surface area (Å²) in [6.45, 7) is 9.67. The van der Waals surface area contributed by atoms with Crippen molar-refractivity contribution in [2.24, 2.45) is 17.8 Å². The normalized spacial score (nSPS) is 24.1. The average molecular weight is 630 g/mol. The van der Waals surface area contributed by atoms with E-state index in [4.69, 9.17) is 51.0 Å². The van der Waals surface area contributed by atoms with Gasteiger partial charge < -0.3 is 23.3 Å². The largest absolute Gasteiger partial charge is 0.465 e. The van der Waals surface area contributed by atoms with Crippen LogP contribution in [0.25, 0.3) is 0 Å².